The summed E-state index contributed by atoms with van der Waals surface area (Å²) >= 11 is 0. The number of hydrogen-bond donors (Lipinski definition) is 1. The van der Waals surface area contributed by atoms with E-state index in [9.17, 15) is 0 Å². The Balaban J connectivity index is 2.10. The Kier molecular flexibility index (Phi) is 4.97. The lowest BCUT2D eigenvalue weighted by molar-refractivity contribution is 0.302. The van der Waals surface area contributed by atoms with Crippen molar-refractivity contribution in [3.63, 3.8) is 0 Å². The van der Waals surface area contributed by atoms with Crippen LogP contribution in [0.15, 0.2) is 42.5 Å². The first kappa shape index (κ1) is 15.1. The van der Waals surface area contributed by atoms with Gasteiger partial charge in [-0.2, -0.15) is 5.26 Å². The Bertz CT molecular complexity index is 639. The zero-order chi connectivity index (χ0) is 15.2. The van der Waals surface area contributed by atoms with Crippen molar-refractivity contribution in [3.8, 4) is 11.8 Å². The molecule has 0 fully saturated rings. The van der Waals surface area contributed by atoms with Crippen molar-refractivity contribution in [2.24, 2.45) is 5.73 Å². The van der Waals surface area contributed by atoms with E-state index in [1.54, 1.807) is 12.1 Å². The zero-order valence-electron chi connectivity index (χ0n) is 12.5. The Morgan fingerprint density at radius 2 is 1.90 bits per heavy atom. The van der Waals surface area contributed by atoms with Gasteiger partial charge in [0.1, 0.15) is 12.4 Å². The van der Waals surface area contributed by atoms with E-state index in [1.165, 1.54) is 5.56 Å². The predicted molar refractivity (Wildman–Crippen MR) is 84.0 cm³/mol. The van der Waals surface area contributed by atoms with Crippen molar-refractivity contribution in [1.82, 2.24) is 0 Å². The molecule has 3 nitrogen and oxygen atoms in total. The van der Waals surface area contributed by atoms with Gasteiger partial charge in [-0.25, -0.2) is 0 Å². The second-order valence-corrected chi connectivity index (χ2v) is 5.39. The van der Waals surface area contributed by atoms with E-state index in [4.69, 9.17) is 15.7 Å². The first-order valence-electron chi connectivity index (χ1n) is 7.05. The van der Waals surface area contributed by atoms with Gasteiger partial charge < -0.3 is 10.5 Å². The molecule has 0 radical (unpaired) electrons. The number of ether oxygens (including phenoxy) is 1. The van der Waals surface area contributed by atoms with E-state index in [-0.39, 0.29) is 6.04 Å². The molecule has 0 aromatic heterocycles. The number of nitrogens with two attached hydrogens (primary N) is 1. The fourth-order valence-electron chi connectivity index (χ4n) is 2.19. The minimum Gasteiger partial charge on any atom is -0.489 e. The molecule has 2 aromatic rings. The fourth-order valence-corrected chi connectivity index (χ4v) is 2.19. The molecule has 2 rings (SSSR count). The topological polar surface area (TPSA) is 59.0 Å². The van der Waals surface area contributed by atoms with Crippen molar-refractivity contribution < 1.29 is 4.74 Å². The van der Waals surface area contributed by atoms with Crippen LogP contribution in [0.5, 0.6) is 5.75 Å². The highest BCUT2D eigenvalue weighted by molar-refractivity contribution is 5.38. The molecule has 2 aromatic carbocycles. The third kappa shape index (κ3) is 4.34. The Morgan fingerprint density at radius 3 is 2.52 bits per heavy atom. The third-order valence-electron chi connectivity index (χ3n) is 3.24. The fraction of sp³-hybridized carbons (Fsp3) is 0.278. The molecular weight excluding hydrogens is 260 g/mol. The maximum Gasteiger partial charge on any atom is 0.123 e. The first-order chi connectivity index (χ1) is 10.1. The first-order valence-corrected chi connectivity index (χ1v) is 7.05. The summed E-state index contributed by atoms with van der Waals surface area (Å²) in [5.41, 5.74) is 9.94. The highest BCUT2D eigenvalue weighted by atomic mass is 16.5. The van der Waals surface area contributed by atoms with Crippen molar-refractivity contribution in [1.29, 1.82) is 5.26 Å². The Hall–Kier alpha value is -2.31. The molecule has 0 saturated heterocycles. The molecule has 2 N–H and O–H groups in total. The molecule has 0 aliphatic carbocycles. The van der Waals surface area contributed by atoms with Crippen molar-refractivity contribution in [3.05, 3.63) is 64.7 Å². The quantitative estimate of drug-likeness (QED) is 0.913. The molecule has 0 aliphatic heterocycles. The standard InChI is InChI=1S/C18H20N2O/c1-13-3-8-18(17(9-13)10-14(2)20)21-12-16-6-4-15(11-19)5-7-16/h3-9,14H,10,12,20H2,1-2H3. The normalized spacial score (nSPS) is 11.7. The van der Waals surface area contributed by atoms with Gasteiger partial charge in [0, 0.05) is 6.04 Å². The van der Waals surface area contributed by atoms with Crippen LogP contribution in [0.4, 0.5) is 0 Å². The van der Waals surface area contributed by atoms with Gasteiger partial charge in [0.05, 0.1) is 11.6 Å². The van der Waals surface area contributed by atoms with E-state index >= 15 is 0 Å². The summed E-state index contributed by atoms with van der Waals surface area (Å²) < 4.78 is 5.91. The lowest BCUT2D eigenvalue weighted by atomic mass is 10.0. The van der Waals surface area contributed by atoms with Gasteiger partial charge in [-0.05, 0) is 49.6 Å². The van der Waals surface area contributed by atoms with Crippen molar-refractivity contribution >= 4 is 0 Å². The monoisotopic (exact) mass is 280 g/mol. The van der Waals surface area contributed by atoms with Crippen LogP contribution in [0.25, 0.3) is 0 Å². The maximum absolute atomic E-state index is 8.79. The van der Waals surface area contributed by atoms with Gasteiger partial charge in [-0.3, -0.25) is 0 Å². The number of hydrogen-bond acceptors (Lipinski definition) is 3. The third-order valence-corrected chi connectivity index (χ3v) is 3.24. The number of rotatable bonds is 5. The Morgan fingerprint density at radius 1 is 1.19 bits per heavy atom. The summed E-state index contributed by atoms with van der Waals surface area (Å²) in [6.07, 6.45) is 0.796. The summed E-state index contributed by atoms with van der Waals surface area (Å²) in [6, 6.07) is 15.8. The van der Waals surface area contributed by atoms with Crippen LogP contribution in [-0.2, 0) is 13.0 Å². The molecule has 0 heterocycles. The van der Waals surface area contributed by atoms with Crippen LogP contribution >= 0.6 is 0 Å². The van der Waals surface area contributed by atoms with Crippen LogP contribution in [0, 0.1) is 18.3 Å². The number of nitriles is 1. The highest BCUT2D eigenvalue weighted by Crippen LogP contribution is 2.22. The number of benzene rings is 2. The summed E-state index contributed by atoms with van der Waals surface area (Å²) in [6.45, 7) is 4.54. The van der Waals surface area contributed by atoms with E-state index < -0.39 is 0 Å². The Labute approximate surface area is 126 Å². The smallest absolute Gasteiger partial charge is 0.123 e. The lowest BCUT2D eigenvalue weighted by Crippen LogP contribution is -2.18. The molecule has 0 bridgehead atoms. The van der Waals surface area contributed by atoms with Crippen LogP contribution in [0.3, 0.4) is 0 Å². The molecule has 0 saturated carbocycles. The molecule has 0 spiro atoms. The maximum atomic E-state index is 8.79. The predicted octanol–water partition coefficient (Wildman–Crippen LogP) is 3.34. The van der Waals surface area contributed by atoms with Crippen LogP contribution in [0.1, 0.15) is 29.2 Å². The van der Waals surface area contributed by atoms with Gasteiger partial charge in [0.25, 0.3) is 0 Å². The molecule has 108 valence electrons. The average Bonchev–Trinajstić information content (AvgIpc) is 2.46. The molecule has 0 amide bonds. The minimum absolute atomic E-state index is 0.101. The molecule has 0 aliphatic rings. The average molecular weight is 280 g/mol. The molecule has 21 heavy (non-hydrogen) atoms. The van der Waals surface area contributed by atoms with Crippen LogP contribution < -0.4 is 10.5 Å². The number of nitrogens with zero attached hydrogens (tertiary/aromatic N) is 1. The van der Waals surface area contributed by atoms with Gasteiger partial charge in [0.2, 0.25) is 0 Å². The molecule has 1 unspecified atom stereocenters. The van der Waals surface area contributed by atoms with E-state index in [2.05, 4.69) is 19.1 Å². The zero-order valence-corrected chi connectivity index (χ0v) is 12.5. The second kappa shape index (κ2) is 6.92. The summed E-state index contributed by atoms with van der Waals surface area (Å²) in [4.78, 5) is 0. The molecule has 3 heteroatoms. The minimum atomic E-state index is 0.101. The van der Waals surface area contributed by atoms with E-state index in [0.29, 0.717) is 12.2 Å². The largest absolute Gasteiger partial charge is 0.489 e. The van der Waals surface area contributed by atoms with E-state index in [1.807, 2.05) is 31.2 Å². The summed E-state index contributed by atoms with van der Waals surface area (Å²) in [5.74, 6) is 0.877. The van der Waals surface area contributed by atoms with E-state index in [0.717, 1.165) is 23.3 Å². The van der Waals surface area contributed by atoms with Gasteiger partial charge in [-0.15, -0.1) is 0 Å². The second-order valence-electron chi connectivity index (χ2n) is 5.39. The van der Waals surface area contributed by atoms with Crippen LogP contribution in [-0.4, -0.2) is 6.04 Å². The molecular formula is C18H20N2O. The highest BCUT2D eigenvalue weighted by Gasteiger charge is 2.07. The van der Waals surface area contributed by atoms with Crippen molar-refractivity contribution in [2.75, 3.05) is 0 Å². The SMILES string of the molecule is Cc1ccc(OCc2ccc(C#N)cc2)c(CC(C)N)c1. The van der Waals surface area contributed by atoms with Crippen LogP contribution in [0.2, 0.25) is 0 Å². The summed E-state index contributed by atoms with van der Waals surface area (Å²) in [5, 5.41) is 8.79. The number of aryl methyl sites for hydroxylation is 1. The van der Waals surface area contributed by atoms with Gasteiger partial charge in [0.15, 0.2) is 0 Å². The van der Waals surface area contributed by atoms with Gasteiger partial charge >= 0.3 is 0 Å². The molecule has 1 atom stereocenters. The van der Waals surface area contributed by atoms with Gasteiger partial charge in [-0.1, -0.05) is 29.8 Å². The van der Waals surface area contributed by atoms with Crippen molar-refractivity contribution in [2.45, 2.75) is 32.9 Å². The lowest BCUT2D eigenvalue weighted by Gasteiger charge is -2.14. The summed E-state index contributed by atoms with van der Waals surface area (Å²) in [7, 11) is 0.